The Bertz CT molecular complexity index is 857. The standard InChI is InChI=1S/C18H20N4OS/c1-14-17(24-13-19-14)12-22-18(23)10-16(11-20-22)21(2)9-8-15-6-4-3-5-7-15/h3-7,10-11,13H,8-9,12H2,1-2H3. The summed E-state index contributed by atoms with van der Waals surface area (Å²) in [7, 11) is 1.98. The van der Waals surface area contributed by atoms with Gasteiger partial charge in [0.1, 0.15) is 0 Å². The van der Waals surface area contributed by atoms with E-state index in [1.165, 1.54) is 10.2 Å². The molecule has 0 saturated carbocycles. The van der Waals surface area contributed by atoms with Gasteiger partial charge in [0.2, 0.25) is 0 Å². The number of aromatic nitrogens is 3. The summed E-state index contributed by atoms with van der Waals surface area (Å²) in [6.45, 7) is 3.26. The van der Waals surface area contributed by atoms with Crippen LogP contribution in [0.5, 0.6) is 0 Å². The van der Waals surface area contributed by atoms with E-state index in [9.17, 15) is 4.79 Å². The minimum atomic E-state index is -0.0909. The van der Waals surface area contributed by atoms with E-state index < -0.39 is 0 Å². The Kier molecular flexibility index (Phi) is 5.05. The van der Waals surface area contributed by atoms with Crippen molar-refractivity contribution in [2.24, 2.45) is 0 Å². The average molecular weight is 340 g/mol. The third kappa shape index (κ3) is 3.89. The maximum Gasteiger partial charge on any atom is 0.269 e. The molecule has 1 aromatic carbocycles. The maximum atomic E-state index is 12.3. The highest BCUT2D eigenvalue weighted by atomic mass is 32.1. The lowest BCUT2D eigenvalue weighted by molar-refractivity contribution is 0.640. The van der Waals surface area contributed by atoms with Crippen molar-refractivity contribution in [1.82, 2.24) is 14.8 Å². The van der Waals surface area contributed by atoms with E-state index in [4.69, 9.17) is 0 Å². The average Bonchev–Trinajstić information content (AvgIpc) is 3.00. The van der Waals surface area contributed by atoms with Gasteiger partial charge in [0.25, 0.3) is 5.56 Å². The molecule has 6 heteroatoms. The van der Waals surface area contributed by atoms with Gasteiger partial charge in [-0.2, -0.15) is 5.10 Å². The lowest BCUT2D eigenvalue weighted by Crippen LogP contribution is -2.27. The van der Waals surface area contributed by atoms with Gasteiger partial charge in [-0.1, -0.05) is 30.3 Å². The van der Waals surface area contributed by atoms with Crippen molar-refractivity contribution in [3.63, 3.8) is 0 Å². The van der Waals surface area contributed by atoms with Gasteiger partial charge in [0, 0.05) is 24.5 Å². The summed E-state index contributed by atoms with van der Waals surface area (Å²) in [5.74, 6) is 0. The number of nitrogens with zero attached hydrogens (tertiary/aromatic N) is 4. The lowest BCUT2D eigenvalue weighted by atomic mass is 10.1. The van der Waals surface area contributed by atoms with E-state index in [0.29, 0.717) is 6.54 Å². The van der Waals surface area contributed by atoms with E-state index >= 15 is 0 Å². The maximum absolute atomic E-state index is 12.3. The van der Waals surface area contributed by atoms with Crippen molar-refractivity contribution >= 4 is 17.0 Å². The highest BCUT2D eigenvalue weighted by Crippen LogP contribution is 2.13. The SMILES string of the molecule is Cc1ncsc1Cn1ncc(N(C)CCc2ccccc2)cc1=O. The van der Waals surface area contributed by atoms with E-state index in [2.05, 4.69) is 27.1 Å². The minimum Gasteiger partial charge on any atom is -0.373 e. The summed E-state index contributed by atoms with van der Waals surface area (Å²) in [5.41, 5.74) is 4.78. The van der Waals surface area contributed by atoms with Gasteiger partial charge in [0.05, 0.1) is 29.6 Å². The highest BCUT2D eigenvalue weighted by molar-refractivity contribution is 7.09. The van der Waals surface area contributed by atoms with E-state index in [0.717, 1.165) is 29.2 Å². The summed E-state index contributed by atoms with van der Waals surface area (Å²) in [4.78, 5) is 19.6. The molecule has 2 heterocycles. The summed E-state index contributed by atoms with van der Waals surface area (Å²) in [6, 6.07) is 12.0. The van der Waals surface area contributed by atoms with Crippen LogP contribution in [0, 0.1) is 6.92 Å². The van der Waals surface area contributed by atoms with Crippen LogP contribution >= 0.6 is 11.3 Å². The lowest BCUT2D eigenvalue weighted by Gasteiger charge is -2.19. The Morgan fingerprint density at radius 3 is 2.71 bits per heavy atom. The zero-order valence-corrected chi connectivity index (χ0v) is 14.7. The predicted octanol–water partition coefficient (Wildman–Crippen LogP) is 2.74. The molecule has 3 aromatic rings. The second-order valence-corrected chi connectivity index (χ2v) is 6.67. The topological polar surface area (TPSA) is 51.0 Å². The summed E-state index contributed by atoms with van der Waals surface area (Å²) >= 11 is 1.55. The monoisotopic (exact) mass is 340 g/mol. The van der Waals surface area contributed by atoms with Gasteiger partial charge >= 0.3 is 0 Å². The van der Waals surface area contributed by atoms with Gasteiger partial charge in [-0.3, -0.25) is 4.79 Å². The van der Waals surface area contributed by atoms with Crippen molar-refractivity contribution in [3.05, 3.63) is 74.6 Å². The van der Waals surface area contributed by atoms with Crippen LogP contribution in [0.25, 0.3) is 0 Å². The van der Waals surface area contributed by atoms with Gasteiger partial charge < -0.3 is 4.90 Å². The fraction of sp³-hybridized carbons (Fsp3) is 0.278. The second-order valence-electron chi connectivity index (χ2n) is 5.73. The zero-order chi connectivity index (χ0) is 16.9. The molecule has 3 rings (SSSR count). The van der Waals surface area contributed by atoms with Crippen molar-refractivity contribution < 1.29 is 0 Å². The van der Waals surface area contributed by atoms with Crippen LogP contribution in [-0.2, 0) is 13.0 Å². The van der Waals surface area contributed by atoms with Crippen molar-refractivity contribution in [1.29, 1.82) is 0 Å². The quantitative estimate of drug-likeness (QED) is 0.692. The number of anilines is 1. The Morgan fingerprint density at radius 2 is 2.04 bits per heavy atom. The number of benzene rings is 1. The first-order valence-corrected chi connectivity index (χ1v) is 8.72. The third-order valence-electron chi connectivity index (χ3n) is 4.01. The molecule has 0 bridgehead atoms. The Labute approximate surface area is 145 Å². The van der Waals surface area contributed by atoms with Crippen LogP contribution < -0.4 is 10.5 Å². The molecule has 0 N–H and O–H groups in total. The second kappa shape index (κ2) is 7.40. The van der Waals surface area contributed by atoms with E-state index in [-0.39, 0.29) is 5.56 Å². The largest absolute Gasteiger partial charge is 0.373 e. The van der Waals surface area contributed by atoms with Gasteiger partial charge in [-0.05, 0) is 18.9 Å². The molecule has 5 nitrogen and oxygen atoms in total. The molecule has 0 radical (unpaired) electrons. The molecule has 0 atom stereocenters. The first kappa shape index (κ1) is 16.4. The Hall–Kier alpha value is -2.47. The van der Waals surface area contributed by atoms with Gasteiger partial charge in [0.15, 0.2) is 0 Å². The van der Waals surface area contributed by atoms with Crippen LogP contribution in [0.2, 0.25) is 0 Å². The number of aryl methyl sites for hydroxylation is 1. The summed E-state index contributed by atoms with van der Waals surface area (Å²) in [5, 5.41) is 4.31. The minimum absolute atomic E-state index is 0.0909. The van der Waals surface area contributed by atoms with E-state index in [1.807, 2.05) is 32.2 Å². The highest BCUT2D eigenvalue weighted by Gasteiger charge is 2.08. The molecule has 0 aliphatic carbocycles. The number of thiazole rings is 1. The number of hydrogen-bond acceptors (Lipinski definition) is 5. The van der Waals surface area contributed by atoms with Crippen molar-refractivity contribution in [3.8, 4) is 0 Å². The molecular weight excluding hydrogens is 320 g/mol. The Balaban J connectivity index is 1.67. The molecule has 24 heavy (non-hydrogen) atoms. The molecular formula is C18H20N4OS. The van der Waals surface area contributed by atoms with Crippen LogP contribution in [0.3, 0.4) is 0 Å². The van der Waals surface area contributed by atoms with Crippen LogP contribution in [0.4, 0.5) is 5.69 Å². The Morgan fingerprint density at radius 1 is 1.25 bits per heavy atom. The molecule has 124 valence electrons. The summed E-state index contributed by atoms with van der Waals surface area (Å²) in [6.07, 6.45) is 2.68. The smallest absolute Gasteiger partial charge is 0.269 e. The normalized spacial score (nSPS) is 10.8. The number of likely N-dealkylation sites (N-methyl/N-ethyl adjacent to an activating group) is 1. The molecule has 0 saturated heterocycles. The first-order valence-electron chi connectivity index (χ1n) is 7.84. The van der Waals surface area contributed by atoms with Gasteiger partial charge in [-0.25, -0.2) is 9.67 Å². The van der Waals surface area contributed by atoms with Crippen molar-refractivity contribution in [2.75, 3.05) is 18.5 Å². The molecule has 0 fully saturated rings. The van der Waals surface area contributed by atoms with Crippen molar-refractivity contribution in [2.45, 2.75) is 19.9 Å². The molecule has 2 aromatic heterocycles. The molecule has 0 amide bonds. The molecule has 0 unspecified atom stereocenters. The van der Waals surface area contributed by atoms with Crippen LogP contribution in [-0.4, -0.2) is 28.4 Å². The fourth-order valence-corrected chi connectivity index (χ4v) is 3.19. The zero-order valence-electron chi connectivity index (χ0n) is 13.8. The van der Waals surface area contributed by atoms with Crippen LogP contribution in [0.1, 0.15) is 16.1 Å². The van der Waals surface area contributed by atoms with Gasteiger partial charge in [-0.15, -0.1) is 11.3 Å². The third-order valence-corrected chi connectivity index (χ3v) is 4.93. The molecule has 0 aliphatic heterocycles. The van der Waals surface area contributed by atoms with E-state index in [1.54, 1.807) is 29.1 Å². The number of hydrogen-bond donors (Lipinski definition) is 0. The first-order chi connectivity index (χ1) is 11.6. The summed E-state index contributed by atoms with van der Waals surface area (Å²) < 4.78 is 1.48. The van der Waals surface area contributed by atoms with Crippen LogP contribution in [0.15, 0.2) is 52.9 Å². The molecule has 0 aliphatic rings. The number of rotatable bonds is 6. The predicted molar refractivity (Wildman–Crippen MR) is 97.9 cm³/mol. The molecule has 0 spiro atoms. The fourth-order valence-electron chi connectivity index (χ4n) is 2.44.